The number of carboxylic acid groups (broad SMARTS) is 2. The third-order valence-electron chi connectivity index (χ3n) is 6.25. The number of aromatic carboxylic acids is 2. The van der Waals surface area contributed by atoms with Crippen molar-refractivity contribution in [1.29, 1.82) is 0 Å². The minimum absolute atomic E-state index is 0.0277. The quantitative estimate of drug-likeness (QED) is 0.201. The zero-order valence-electron chi connectivity index (χ0n) is 21.7. The van der Waals surface area contributed by atoms with E-state index < -0.39 is 11.9 Å². The normalized spacial score (nSPS) is 10.5. The molecule has 190 valence electrons. The summed E-state index contributed by atoms with van der Waals surface area (Å²) in [6, 6.07) is 4.17. The predicted molar refractivity (Wildman–Crippen MR) is 140 cm³/mol. The molecule has 0 aliphatic rings. The summed E-state index contributed by atoms with van der Waals surface area (Å²) >= 11 is 0. The van der Waals surface area contributed by atoms with E-state index in [1.807, 2.05) is 0 Å². The van der Waals surface area contributed by atoms with Crippen LogP contribution in [0.25, 0.3) is 0 Å². The van der Waals surface area contributed by atoms with Gasteiger partial charge < -0.3 is 10.2 Å². The Morgan fingerprint density at radius 3 is 1.00 bits per heavy atom. The zero-order chi connectivity index (χ0) is 24.7. The lowest BCUT2D eigenvalue weighted by molar-refractivity contribution is 0.0696. The molecular formula is C29H50O4. The van der Waals surface area contributed by atoms with Gasteiger partial charge in [-0.05, 0) is 24.6 Å². The Bertz CT molecular complexity index is 574. The Balaban J connectivity index is 0.000000676. The summed E-state index contributed by atoms with van der Waals surface area (Å²) < 4.78 is 0. The number of carbonyl (C=O) groups is 2. The van der Waals surface area contributed by atoms with Crippen LogP contribution in [-0.2, 0) is 0 Å². The topological polar surface area (TPSA) is 74.6 Å². The molecule has 1 aromatic carbocycles. The van der Waals surface area contributed by atoms with Crippen molar-refractivity contribution >= 4 is 11.9 Å². The summed E-state index contributed by atoms with van der Waals surface area (Å²) in [6.07, 6.45) is 26.4. The average molecular weight is 463 g/mol. The minimum atomic E-state index is -1.11. The van der Waals surface area contributed by atoms with Crippen molar-refractivity contribution in [3.63, 3.8) is 0 Å². The third-order valence-corrected chi connectivity index (χ3v) is 6.25. The van der Waals surface area contributed by atoms with Gasteiger partial charge in [-0.2, -0.15) is 0 Å². The molecule has 0 saturated carbocycles. The average Bonchev–Trinajstić information content (AvgIpc) is 2.79. The second kappa shape index (κ2) is 22.0. The molecule has 0 unspecified atom stereocenters. The Morgan fingerprint density at radius 1 is 0.545 bits per heavy atom. The van der Waals surface area contributed by atoms with E-state index in [9.17, 15) is 9.59 Å². The smallest absolute Gasteiger partial charge is 0.335 e. The second-order valence-electron chi connectivity index (χ2n) is 9.25. The molecule has 1 rings (SSSR count). The summed E-state index contributed by atoms with van der Waals surface area (Å²) in [4.78, 5) is 21.2. The molecule has 33 heavy (non-hydrogen) atoms. The minimum Gasteiger partial charge on any atom is -0.478 e. The lowest BCUT2D eigenvalue weighted by Crippen LogP contribution is -2.06. The summed E-state index contributed by atoms with van der Waals surface area (Å²) in [6.45, 7) is 6.07. The Morgan fingerprint density at radius 2 is 0.788 bits per heavy atom. The first-order valence-electron chi connectivity index (χ1n) is 13.5. The molecule has 4 nitrogen and oxygen atoms in total. The van der Waals surface area contributed by atoms with Crippen LogP contribution in [0.5, 0.6) is 0 Å². The Labute approximate surface area is 203 Å². The molecule has 0 saturated heterocycles. The van der Waals surface area contributed by atoms with Gasteiger partial charge in [0.15, 0.2) is 0 Å². The van der Waals surface area contributed by atoms with E-state index in [-0.39, 0.29) is 16.7 Å². The van der Waals surface area contributed by atoms with Crippen LogP contribution >= 0.6 is 0 Å². The molecule has 1 aromatic rings. The van der Waals surface area contributed by atoms with Gasteiger partial charge in [-0.1, -0.05) is 135 Å². The van der Waals surface area contributed by atoms with Crippen molar-refractivity contribution in [2.45, 2.75) is 136 Å². The van der Waals surface area contributed by atoms with Crippen molar-refractivity contribution in [3.05, 3.63) is 34.9 Å². The SMILES string of the molecule is CCCCCCCCCCCCCCCCCCCC.Cc1c(C(=O)O)cccc1C(=O)O. The molecule has 2 N–H and O–H groups in total. The maximum atomic E-state index is 10.6. The van der Waals surface area contributed by atoms with Crippen molar-refractivity contribution in [1.82, 2.24) is 0 Å². The van der Waals surface area contributed by atoms with Crippen molar-refractivity contribution in [2.24, 2.45) is 0 Å². The first kappa shape index (κ1) is 31.2. The number of rotatable bonds is 19. The van der Waals surface area contributed by atoms with Crippen LogP contribution < -0.4 is 0 Å². The summed E-state index contributed by atoms with van der Waals surface area (Å²) in [7, 11) is 0. The van der Waals surface area contributed by atoms with Crippen LogP contribution in [0.4, 0.5) is 0 Å². The van der Waals surface area contributed by atoms with Gasteiger partial charge in [-0.15, -0.1) is 0 Å². The van der Waals surface area contributed by atoms with Crippen LogP contribution in [0.1, 0.15) is 156 Å². The van der Waals surface area contributed by atoms with Gasteiger partial charge >= 0.3 is 11.9 Å². The number of unbranched alkanes of at least 4 members (excludes halogenated alkanes) is 17. The van der Waals surface area contributed by atoms with Crippen LogP contribution in [0.3, 0.4) is 0 Å². The van der Waals surface area contributed by atoms with Gasteiger partial charge in [-0.25, -0.2) is 9.59 Å². The van der Waals surface area contributed by atoms with E-state index in [1.54, 1.807) is 0 Å². The second-order valence-corrected chi connectivity index (χ2v) is 9.25. The van der Waals surface area contributed by atoms with E-state index >= 15 is 0 Å². The Hall–Kier alpha value is -1.84. The highest BCUT2D eigenvalue weighted by Crippen LogP contribution is 2.15. The molecule has 0 bridgehead atoms. The van der Waals surface area contributed by atoms with Crippen LogP contribution in [0.2, 0.25) is 0 Å². The van der Waals surface area contributed by atoms with Gasteiger partial charge in [0.1, 0.15) is 0 Å². The molecule has 0 atom stereocenters. The summed E-state index contributed by atoms with van der Waals surface area (Å²) in [5.74, 6) is -2.22. The predicted octanol–water partition coefficient (Wildman–Crippen LogP) is 9.44. The van der Waals surface area contributed by atoms with E-state index in [1.165, 1.54) is 141 Å². The first-order valence-corrected chi connectivity index (χ1v) is 13.5. The summed E-state index contributed by atoms with van der Waals surface area (Å²) in [5, 5.41) is 17.4. The highest BCUT2D eigenvalue weighted by atomic mass is 16.4. The summed E-state index contributed by atoms with van der Waals surface area (Å²) in [5.41, 5.74) is 0.335. The molecule has 0 amide bonds. The van der Waals surface area contributed by atoms with E-state index in [2.05, 4.69) is 13.8 Å². The first-order chi connectivity index (χ1) is 16.0. The van der Waals surface area contributed by atoms with Gasteiger partial charge in [0, 0.05) is 0 Å². The van der Waals surface area contributed by atoms with Crippen molar-refractivity contribution < 1.29 is 19.8 Å². The molecule has 0 heterocycles. The number of benzene rings is 1. The molecule has 0 fully saturated rings. The Kier molecular flexibility index (Phi) is 20.8. The van der Waals surface area contributed by atoms with Gasteiger partial charge in [-0.3, -0.25) is 0 Å². The van der Waals surface area contributed by atoms with Crippen LogP contribution in [0, 0.1) is 6.92 Å². The molecular weight excluding hydrogens is 412 g/mol. The van der Waals surface area contributed by atoms with Crippen LogP contribution in [0.15, 0.2) is 18.2 Å². The fourth-order valence-electron chi connectivity index (χ4n) is 4.07. The number of hydrogen-bond donors (Lipinski definition) is 2. The molecule has 4 heteroatoms. The lowest BCUT2D eigenvalue weighted by atomic mass is 10.0. The standard InChI is InChI=1S/C20H42.C9H8O4/c1-3-5-7-9-11-13-15-17-19-20-18-16-14-12-10-8-6-4-2;1-5-6(8(10)11)3-2-4-7(5)9(12)13/h3-20H2,1-2H3;2-4H,1H3,(H,10,11)(H,12,13). The van der Waals surface area contributed by atoms with Crippen LogP contribution in [-0.4, -0.2) is 22.2 Å². The fraction of sp³-hybridized carbons (Fsp3) is 0.724. The third kappa shape index (κ3) is 17.3. The van der Waals surface area contributed by atoms with Crippen molar-refractivity contribution in [3.8, 4) is 0 Å². The highest BCUT2D eigenvalue weighted by Gasteiger charge is 2.13. The molecule has 0 spiro atoms. The van der Waals surface area contributed by atoms with Crippen molar-refractivity contribution in [2.75, 3.05) is 0 Å². The van der Waals surface area contributed by atoms with E-state index in [0.717, 1.165) is 0 Å². The number of hydrogen-bond acceptors (Lipinski definition) is 2. The molecule has 0 aliphatic carbocycles. The maximum absolute atomic E-state index is 10.6. The molecule has 0 aliphatic heterocycles. The van der Waals surface area contributed by atoms with E-state index in [0.29, 0.717) is 0 Å². The monoisotopic (exact) mass is 462 g/mol. The van der Waals surface area contributed by atoms with Gasteiger partial charge in [0.25, 0.3) is 0 Å². The van der Waals surface area contributed by atoms with E-state index in [4.69, 9.17) is 10.2 Å². The van der Waals surface area contributed by atoms with Gasteiger partial charge in [0.05, 0.1) is 11.1 Å². The molecule has 0 radical (unpaired) electrons. The zero-order valence-corrected chi connectivity index (χ0v) is 21.7. The lowest BCUT2D eigenvalue weighted by Gasteiger charge is -2.03. The maximum Gasteiger partial charge on any atom is 0.335 e. The number of carboxylic acids is 2. The van der Waals surface area contributed by atoms with Gasteiger partial charge in [0.2, 0.25) is 0 Å². The fourth-order valence-corrected chi connectivity index (χ4v) is 4.07. The largest absolute Gasteiger partial charge is 0.478 e. The molecule has 0 aromatic heterocycles. The highest BCUT2D eigenvalue weighted by molar-refractivity contribution is 5.96.